The van der Waals surface area contributed by atoms with E-state index in [1.165, 1.54) is 0 Å². The van der Waals surface area contributed by atoms with E-state index in [0.29, 0.717) is 18.8 Å². The number of thioether (sulfide) groups is 1. The van der Waals surface area contributed by atoms with Crippen molar-refractivity contribution in [3.05, 3.63) is 77.9 Å². The van der Waals surface area contributed by atoms with Crippen molar-refractivity contribution in [3.8, 4) is 11.8 Å². The number of carbonyl (C=O) groups is 1. The van der Waals surface area contributed by atoms with Crippen LogP contribution in [0.5, 0.6) is 5.75 Å². The first kappa shape index (κ1) is 21.3. The maximum atomic E-state index is 13.8. The number of fused-ring (bicyclic) bond motifs is 1. The average molecular weight is 431 g/mol. The van der Waals surface area contributed by atoms with E-state index in [2.05, 4.69) is 24.3 Å². The first-order valence-electron chi connectivity index (χ1n) is 10.5. The normalized spacial score (nSPS) is 16.9. The summed E-state index contributed by atoms with van der Waals surface area (Å²) in [5.41, 5.74) is 0.539. The summed E-state index contributed by atoms with van der Waals surface area (Å²) in [4.78, 5) is 15.7. The fraction of sp³-hybridized carbons (Fsp3) is 0.308. The number of ether oxygens (including phenoxy) is 1. The second-order valence-corrected chi connectivity index (χ2v) is 9.19. The molecule has 2 atom stereocenters. The highest BCUT2D eigenvalue weighted by atomic mass is 32.2. The van der Waals surface area contributed by atoms with Crippen LogP contribution in [0.1, 0.15) is 24.0 Å². The van der Waals surface area contributed by atoms with Gasteiger partial charge in [0.1, 0.15) is 11.2 Å². The van der Waals surface area contributed by atoms with E-state index in [1.807, 2.05) is 65.2 Å². The lowest BCUT2D eigenvalue weighted by atomic mass is 9.68. The summed E-state index contributed by atoms with van der Waals surface area (Å²) in [6, 6.07) is 24.4. The zero-order valence-electron chi connectivity index (χ0n) is 17.9. The number of rotatable bonds is 5. The molecule has 2 unspecified atom stereocenters. The minimum atomic E-state index is -1.28. The number of methoxy groups -OCH3 is 1. The zero-order valence-corrected chi connectivity index (χ0v) is 18.7. The molecule has 0 N–H and O–H groups in total. The smallest absolute Gasteiger partial charge is 0.243 e. The molecule has 0 radical (unpaired) electrons. The summed E-state index contributed by atoms with van der Waals surface area (Å²) in [7, 11) is 1.63. The average Bonchev–Trinajstić information content (AvgIpc) is 2.84. The van der Waals surface area contributed by atoms with Crippen LogP contribution in [0.4, 0.5) is 0 Å². The van der Waals surface area contributed by atoms with Crippen LogP contribution in [0, 0.1) is 16.7 Å². The number of para-hydroxylation sites is 1. The highest BCUT2D eigenvalue weighted by molar-refractivity contribution is 7.99. The molecule has 0 aliphatic carbocycles. The van der Waals surface area contributed by atoms with Crippen molar-refractivity contribution in [2.75, 3.05) is 31.7 Å². The summed E-state index contributed by atoms with van der Waals surface area (Å²) < 4.78 is 5.69. The van der Waals surface area contributed by atoms with Gasteiger partial charge < -0.3 is 9.64 Å². The molecular weight excluding hydrogens is 404 g/mol. The molecule has 5 heteroatoms. The summed E-state index contributed by atoms with van der Waals surface area (Å²) in [5.74, 6) is 1.91. The highest BCUT2D eigenvalue weighted by Gasteiger charge is 2.47. The monoisotopic (exact) mass is 430 g/mol. The molecule has 1 amide bonds. The van der Waals surface area contributed by atoms with E-state index in [-0.39, 0.29) is 5.91 Å². The molecule has 1 fully saturated rings. The molecule has 4 rings (SSSR count). The van der Waals surface area contributed by atoms with Gasteiger partial charge in [0.15, 0.2) is 0 Å². The molecule has 0 bridgehead atoms. The van der Waals surface area contributed by atoms with Crippen LogP contribution in [0.2, 0.25) is 0 Å². The Kier molecular flexibility index (Phi) is 6.20. The van der Waals surface area contributed by atoms with E-state index in [0.717, 1.165) is 33.4 Å². The van der Waals surface area contributed by atoms with Crippen LogP contribution in [0.3, 0.4) is 0 Å². The Morgan fingerprint density at radius 3 is 2.42 bits per heavy atom. The molecule has 158 valence electrons. The summed E-state index contributed by atoms with van der Waals surface area (Å²) in [6.07, 6.45) is 0. The Labute approximate surface area is 187 Å². The van der Waals surface area contributed by atoms with Crippen molar-refractivity contribution in [2.24, 2.45) is 5.41 Å². The van der Waals surface area contributed by atoms with Gasteiger partial charge in [-0.2, -0.15) is 17.0 Å². The number of carbonyl (C=O) groups excluding carboxylic acids is 1. The third-order valence-electron chi connectivity index (χ3n) is 6.14. The minimum absolute atomic E-state index is 0.112. The Morgan fingerprint density at radius 2 is 1.68 bits per heavy atom. The van der Waals surface area contributed by atoms with Crippen molar-refractivity contribution in [1.29, 1.82) is 5.26 Å². The quantitative estimate of drug-likeness (QED) is 0.566. The number of nitriles is 1. The lowest BCUT2D eigenvalue weighted by molar-refractivity contribution is -0.138. The molecule has 3 aromatic rings. The standard InChI is InChI=1S/C26H26N2O2S/c1-26(18-27,25(29)28-14-16-31-17-15-28)24(22-11-5-6-13-23(22)30-2)21-12-7-9-19-8-3-4-10-20(19)21/h3-13,24H,14-17H2,1-2H3. The van der Waals surface area contributed by atoms with Crippen LogP contribution < -0.4 is 4.74 Å². The van der Waals surface area contributed by atoms with E-state index in [1.54, 1.807) is 14.0 Å². The molecule has 4 nitrogen and oxygen atoms in total. The molecule has 0 spiro atoms. The zero-order chi connectivity index (χ0) is 21.8. The van der Waals surface area contributed by atoms with E-state index < -0.39 is 11.3 Å². The van der Waals surface area contributed by atoms with Crippen LogP contribution in [0.25, 0.3) is 10.8 Å². The predicted octanol–water partition coefficient (Wildman–Crippen LogP) is 5.09. The van der Waals surface area contributed by atoms with E-state index >= 15 is 0 Å². The molecule has 1 saturated heterocycles. The molecule has 0 aromatic heterocycles. The highest BCUT2D eigenvalue weighted by Crippen LogP contribution is 2.47. The second-order valence-electron chi connectivity index (χ2n) is 7.96. The Hall–Kier alpha value is -2.97. The summed E-state index contributed by atoms with van der Waals surface area (Å²) in [6.45, 7) is 3.14. The Balaban J connectivity index is 1.96. The van der Waals surface area contributed by atoms with Crippen LogP contribution >= 0.6 is 11.8 Å². The van der Waals surface area contributed by atoms with Gasteiger partial charge in [-0.05, 0) is 29.3 Å². The lowest BCUT2D eigenvalue weighted by Crippen LogP contribution is -2.48. The maximum Gasteiger partial charge on any atom is 0.243 e. The first-order chi connectivity index (χ1) is 15.1. The number of amides is 1. The van der Waals surface area contributed by atoms with Gasteiger partial charge in [-0.1, -0.05) is 60.7 Å². The van der Waals surface area contributed by atoms with Gasteiger partial charge >= 0.3 is 0 Å². The van der Waals surface area contributed by atoms with Gasteiger partial charge in [-0.3, -0.25) is 4.79 Å². The molecular formula is C26H26N2O2S. The van der Waals surface area contributed by atoms with Gasteiger partial charge in [0.05, 0.1) is 13.2 Å². The Bertz CT molecular complexity index is 1130. The van der Waals surface area contributed by atoms with Crippen molar-refractivity contribution < 1.29 is 9.53 Å². The third kappa shape index (κ3) is 3.88. The van der Waals surface area contributed by atoms with Crippen molar-refractivity contribution in [3.63, 3.8) is 0 Å². The molecule has 3 aromatic carbocycles. The van der Waals surface area contributed by atoms with Crippen LogP contribution in [-0.4, -0.2) is 42.5 Å². The van der Waals surface area contributed by atoms with Crippen molar-refractivity contribution in [2.45, 2.75) is 12.8 Å². The minimum Gasteiger partial charge on any atom is -0.496 e. The lowest BCUT2D eigenvalue weighted by Gasteiger charge is -2.38. The van der Waals surface area contributed by atoms with Gasteiger partial charge in [-0.25, -0.2) is 0 Å². The van der Waals surface area contributed by atoms with Gasteiger partial charge in [0.2, 0.25) is 5.91 Å². The van der Waals surface area contributed by atoms with Crippen molar-refractivity contribution >= 4 is 28.4 Å². The van der Waals surface area contributed by atoms with E-state index in [9.17, 15) is 10.1 Å². The fourth-order valence-corrected chi connectivity index (χ4v) is 5.43. The van der Waals surface area contributed by atoms with Crippen LogP contribution in [0.15, 0.2) is 66.7 Å². The van der Waals surface area contributed by atoms with Gasteiger partial charge in [-0.15, -0.1) is 0 Å². The number of nitrogens with zero attached hydrogens (tertiary/aromatic N) is 2. The molecule has 0 saturated carbocycles. The summed E-state index contributed by atoms with van der Waals surface area (Å²) >= 11 is 1.85. The summed E-state index contributed by atoms with van der Waals surface area (Å²) in [5, 5.41) is 12.6. The molecule has 1 heterocycles. The molecule has 1 aliphatic rings. The second kappa shape index (κ2) is 9.03. The maximum absolute atomic E-state index is 13.8. The predicted molar refractivity (Wildman–Crippen MR) is 126 cm³/mol. The first-order valence-corrected chi connectivity index (χ1v) is 11.6. The largest absolute Gasteiger partial charge is 0.496 e. The third-order valence-corrected chi connectivity index (χ3v) is 7.08. The van der Waals surface area contributed by atoms with E-state index in [4.69, 9.17) is 4.74 Å². The number of hydrogen-bond acceptors (Lipinski definition) is 4. The topological polar surface area (TPSA) is 53.3 Å². The molecule has 31 heavy (non-hydrogen) atoms. The number of benzene rings is 3. The molecule has 1 aliphatic heterocycles. The fourth-order valence-electron chi connectivity index (χ4n) is 4.53. The van der Waals surface area contributed by atoms with Gasteiger partial charge in [0.25, 0.3) is 0 Å². The van der Waals surface area contributed by atoms with Gasteiger partial charge in [0, 0.05) is 36.1 Å². The van der Waals surface area contributed by atoms with Crippen LogP contribution in [-0.2, 0) is 4.79 Å². The Morgan fingerprint density at radius 1 is 1.03 bits per heavy atom. The number of hydrogen-bond donors (Lipinski definition) is 0. The van der Waals surface area contributed by atoms with Crippen molar-refractivity contribution in [1.82, 2.24) is 4.90 Å². The SMILES string of the molecule is COc1ccccc1C(c1cccc2ccccc12)C(C)(C#N)C(=O)N1CCSCC1.